The monoisotopic (exact) mass is 142 g/mol. The van der Waals surface area contributed by atoms with Crippen molar-refractivity contribution >= 4 is 11.7 Å². The van der Waals surface area contributed by atoms with Crippen molar-refractivity contribution in [2.75, 3.05) is 6.54 Å². The molecule has 0 aromatic heterocycles. The van der Waals surface area contributed by atoms with E-state index in [1.807, 2.05) is 0 Å². The molecule has 1 aliphatic heterocycles. The molecule has 1 amide bonds. The van der Waals surface area contributed by atoms with Crippen molar-refractivity contribution in [3.05, 3.63) is 0 Å². The van der Waals surface area contributed by atoms with Gasteiger partial charge in [-0.25, -0.2) is 0 Å². The zero-order chi connectivity index (χ0) is 7.78. The Kier molecular flexibility index (Phi) is 1.48. The first kappa shape index (κ1) is 7.21. The highest BCUT2D eigenvalue weighted by atomic mass is 16.2. The van der Waals surface area contributed by atoms with E-state index in [2.05, 4.69) is 5.32 Å². The molecule has 0 saturated carbocycles. The first-order chi connectivity index (χ1) is 4.57. The molecule has 0 radical (unpaired) electrons. The Morgan fingerprint density at radius 2 is 2.20 bits per heavy atom. The fourth-order valence-electron chi connectivity index (χ4n) is 0.918. The van der Waals surface area contributed by atoms with Gasteiger partial charge in [-0.1, -0.05) is 0 Å². The molecule has 1 atom stereocenters. The van der Waals surface area contributed by atoms with Gasteiger partial charge in [0.05, 0.1) is 0 Å². The molecule has 0 spiro atoms. The Morgan fingerprint density at radius 1 is 1.70 bits per heavy atom. The van der Waals surface area contributed by atoms with E-state index in [9.17, 15) is 9.59 Å². The number of primary amides is 1. The normalized spacial score (nSPS) is 29.7. The summed E-state index contributed by atoms with van der Waals surface area (Å²) >= 11 is 0. The molecule has 3 N–H and O–H groups in total. The van der Waals surface area contributed by atoms with Crippen LogP contribution in [0.25, 0.3) is 0 Å². The predicted octanol–water partition coefficient (Wildman–Crippen LogP) is -1.21. The summed E-state index contributed by atoms with van der Waals surface area (Å²) < 4.78 is 0. The summed E-state index contributed by atoms with van der Waals surface area (Å²) in [5.74, 6) is -0.438. The van der Waals surface area contributed by atoms with Crippen LogP contribution in [0.3, 0.4) is 0 Å². The van der Waals surface area contributed by atoms with Crippen molar-refractivity contribution < 1.29 is 9.59 Å². The Bertz CT molecular complexity index is 184. The van der Waals surface area contributed by atoms with Crippen LogP contribution in [0.15, 0.2) is 0 Å². The van der Waals surface area contributed by atoms with Crippen molar-refractivity contribution in [1.29, 1.82) is 0 Å². The number of ketones is 1. The number of hydrogen-bond donors (Lipinski definition) is 2. The van der Waals surface area contributed by atoms with Crippen LogP contribution < -0.4 is 11.1 Å². The minimum atomic E-state index is -0.689. The standard InChI is InChI=1S/C6H10N2O2/c1-4(9)2-6(3-8-6)5(7)10/h8H,2-3H2,1H3,(H2,7,10). The first-order valence-corrected chi connectivity index (χ1v) is 3.11. The highest BCUT2D eigenvalue weighted by Gasteiger charge is 2.48. The molecule has 1 heterocycles. The van der Waals surface area contributed by atoms with E-state index < -0.39 is 11.4 Å². The Morgan fingerprint density at radius 3 is 2.30 bits per heavy atom. The molecule has 1 rings (SSSR count). The van der Waals surface area contributed by atoms with Crippen LogP contribution in [0.1, 0.15) is 13.3 Å². The van der Waals surface area contributed by atoms with Crippen LogP contribution in [0.4, 0.5) is 0 Å². The van der Waals surface area contributed by atoms with Crippen molar-refractivity contribution in [2.24, 2.45) is 5.73 Å². The molecule has 0 aromatic carbocycles. The fraction of sp³-hybridized carbons (Fsp3) is 0.667. The van der Waals surface area contributed by atoms with Gasteiger partial charge in [0.15, 0.2) is 0 Å². The highest BCUT2D eigenvalue weighted by molar-refractivity contribution is 5.94. The first-order valence-electron chi connectivity index (χ1n) is 3.11. The number of Topliss-reactive ketones (excluding diaryl/α,β-unsaturated/α-hetero) is 1. The van der Waals surface area contributed by atoms with E-state index >= 15 is 0 Å². The van der Waals surface area contributed by atoms with Gasteiger partial charge in [0.1, 0.15) is 11.3 Å². The lowest BCUT2D eigenvalue weighted by atomic mass is 10.0. The van der Waals surface area contributed by atoms with E-state index in [0.29, 0.717) is 6.54 Å². The number of rotatable bonds is 3. The van der Waals surface area contributed by atoms with Gasteiger partial charge in [-0.3, -0.25) is 14.9 Å². The lowest BCUT2D eigenvalue weighted by Gasteiger charge is -2.04. The highest BCUT2D eigenvalue weighted by Crippen LogP contribution is 2.20. The van der Waals surface area contributed by atoms with Gasteiger partial charge < -0.3 is 5.73 Å². The molecule has 1 aliphatic rings. The van der Waals surface area contributed by atoms with Crippen molar-refractivity contribution in [2.45, 2.75) is 18.9 Å². The van der Waals surface area contributed by atoms with Crippen LogP contribution in [-0.2, 0) is 9.59 Å². The molecule has 0 aromatic rings. The molecule has 0 bridgehead atoms. The SMILES string of the molecule is CC(=O)CC1(C(N)=O)CN1. The second-order valence-electron chi connectivity index (χ2n) is 2.68. The van der Waals surface area contributed by atoms with Crippen molar-refractivity contribution in [3.8, 4) is 0 Å². The molecule has 4 nitrogen and oxygen atoms in total. The third-order valence-electron chi connectivity index (χ3n) is 1.63. The molecular formula is C6H10N2O2. The van der Waals surface area contributed by atoms with Gasteiger partial charge >= 0.3 is 0 Å². The van der Waals surface area contributed by atoms with Crippen LogP contribution in [0, 0.1) is 0 Å². The summed E-state index contributed by atoms with van der Waals surface area (Å²) in [6.45, 7) is 1.99. The quantitative estimate of drug-likeness (QED) is 0.485. The molecule has 1 unspecified atom stereocenters. The van der Waals surface area contributed by atoms with E-state index in [0.717, 1.165) is 0 Å². The van der Waals surface area contributed by atoms with Crippen LogP contribution in [0.5, 0.6) is 0 Å². The maximum absolute atomic E-state index is 10.6. The average Bonchev–Trinajstić information content (AvgIpc) is 2.46. The summed E-state index contributed by atoms with van der Waals surface area (Å²) in [7, 11) is 0. The second-order valence-corrected chi connectivity index (χ2v) is 2.68. The maximum atomic E-state index is 10.6. The molecule has 10 heavy (non-hydrogen) atoms. The maximum Gasteiger partial charge on any atom is 0.239 e. The zero-order valence-corrected chi connectivity index (χ0v) is 5.81. The molecular weight excluding hydrogens is 132 g/mol. The van der Waals surface area contributed by atoms with Crippen LogP contribution in [0.2, 0.25) is 0 Å². The molecule has 4 heteroatoms. The Labute approximate surface area is 58.8 Å². The van der Waals surface area contributed by atoms with Crippen molar-refractivity contribution in [3.63, 3.8) is 0 Å². The average molecular weight is 142 g/mol. The lowest BCUT2D eigenvalue weighted by Crippen LogP contribution is -2.36. The largest absolute Gasteiger partial charge is 0.368 e. The molecule has 1 fully saturated rings. The minimum Gasteiger partial charge on any atom is -0.368 e. The number of amides is 1. The number of hydrogen-bond acceptors (Lipinski definition) is 3. The van der Waals surface area contributed by atoms with Crippen LogP contribution in [-0.4, -0.2) is 23.8 Å². The summed E-state index contributed by atoms with van der Waals surface area (Å²) in [5.41, 5.74) is 4.34. The zero-order valence-electron chi connectivity index (χ0n) is 5.81. The summed E-state index contributed by atoms with van der Waals surface area (Å²) in [6.07, 6.45) is 0.225. The third kappa shape index (κ3) is 1.16. The summed E-state index contributed by atoms with van der Waals surface area (Å²) in [6, 6.07) is 0. The van der Waals surface area contributed by atoms with Gasteiger partial charge in [-0.05, 0) is 6.92 Å². The number of nitrogens with two attached hydrogens (primary N) is 1. The van der Waals surface area contributed by atoms with Gasteiger partial charge in [0, 0.05) is 13.0 Å². The predicted molar refractivity (Wildman–Crippen MR) is 35.2 cm³/mol. The van der Waals surface area contributed by atoms with Gasteiger partial charge in [0.25, 0.3) is 0 Å². The lowest BCUT2D eigenvalue weighted by molar-refractivity contribution is -0.125. The third-order valence-corrected chi connectivity index (χ3v) is 1.63. The van der Waals surface area contributed by atoms with E-state index in [1.54, 1.807) is 0 Å². The van der Waals surface area contributed by atoms with Gasteiger partial charge in [-0.2, -0.15) is 0 Å². The number of carbonyl (C=O) groups excluding carboxylic acids is 2. The Balaban J connectivity index is 2.53. The second kappa shape index (κ2) is 2.05. The molecule has 56 valence electrons. The summed E-state index contributed by atoms with van der Waals surface area (Å²) in [5, 5.41) is 2.78. The number of nitrogens with one attached hydrogen (secondary N) is 1. The van der Waals surface area contributed by atoms with E-state index in [4.69, 9.17) is 5.73 Å². The topological polar surface area (TPSA) is 82.1 Å². The smallest absolute Gasteiger partial charge is 0.239 e. The Hall–Kier alpha value is -0.900. The molecule has 0 aliphatic carbocycles. The van der Waals surface area contributed by atoms with Gasteiger partial charge in [-0.15, -0.1) is 0 Å². The molecule has 1 saturated heterocycles. The van der Waals surface area contributed by atoms with Gasteiger partial charge in [0.2, 0.25) is 5.91 Å². The number of carbonyl (C=O) groups is 2. The summed E-state index contributed by atoms with van der Waals surface area (Å²) in [4.78, 5) is 21.2. The van der Waals surface area contributed by atoms with E-state index in [1.165, 1.54) is 6.92 Å². The van der Waals surface area contributed by atoms with E-state index in [-0.39, 0.29) is 12.2 Å². The van der Waals surface area contributed by atoms with Crippen LogP contribution >= 0.6 is 0 Å². The fourth-order valence-corrected chi connectivity index (χ4v) is 0.918. The van der Waals surface area contributed by atoms with Crippen molar-refractivity contribution in [1.82, 2.24) is 5.32 Å². The minimum absolute atomic E-state index is 0.0104.